The molecule has 0 fully saturated rings. The summed E-state index contributed by atoms with van der Waals surface area (Å²) in [5.41, 5.74) is 10.2. The minimum atomic E-state index is -0.299. The molecule has 90 valence electrons. The first-order valence-electron chi connectivity index (χ1n) is 5.50. The molecular formula is C13H14BrFN2. The monoisotopic (exact) mass is 296 g/mol. The molecule has 2 aromatic rings. The Morgan fingerprint density at radius 2 is 2.06 bits per heavy atom. The lowest BCUT2D eigenvalue weighted by atomic mass is 10.0. The first-order valence-corrected chi connectivity index (χ1v) is 6.29. The van der Waals surface area contributed by atoms with E-state index in [1.165, 1.54) is 6.07 Å². The molecular weight excluding hydrogens is 283 g/mol. The molecule has 0 aliphatic heterocycles. The van der Waals surface area contributed by atoms with Gasteiger partial charge >= 0.3 is 0 Å². The third-order valence-electron chi connectivity index (χ3n) is 3.07. The fourth-order valence-electron chi connectivity index (χ4n) is 2.04. The van der Waals surface area contributed by atoms with E-state index in [1.807, 2.05) is 20.8 Å². The predicted molar refractivity (Wildman–Crippen MR) is 72.7 cm³/mol. The molecule has 0 spiro atoms. The van der Waals surface area contributed by atoms with E-state index in [0.29, 0.717) is 15.5 Å². The molecule has 0 radical (unpaired) electrons. The zero-order valence-corrected chi connectivity index (χ0v) is 11.7. The van der Waals surface area contributed by atoms with Gasteiger partial charge < -0.3 is 5.73 Å². The van der Waals surface area contributed by atoms with Gasteiger partial charge in [-0.25, -0.2) is 4.39 Å². The van der Waals surface area contributed by atoms with E-state index in [1.54, 1.807) is 0 Å². The minimum Gasteiger partial charge on any atom is -0.398 e. The van der Waals surface area contributed by atoms with Crippen LogP contribution in [0.2, 0.25) is 0 Å². The van der Waals surface area contributed by atoms with Gasteiger partial charge in [0.15, 0.2) is 0 Å². The van der Waals surface area contributed by atoms with Gasteiger partial charge in [-0.2, -0.15) is 0 Å². The maximum absolute atomic E-state index is 13.7. The molecule has 17 heavy (non-hydrogen) atoms. The highest BCUT2D eigenvalue weighted by molar-refractivity contribution is 9.10. The SMILES string of the molecule is CCc1nc2c(C)cc(F)c(Br)c2c(N)c1C. The van der Waals surface area contributed by atoms with Crippen LogP contribution in [0.3, 0.4) is 0 Å². The Balaban J connectivity index is 3.01. The van der Waals surface area contributed by atoms with Gasteiger partial charge in [0.05, 0.1) is 9.99 Å². The molecule has 0 bridgehead atoms. The van der Waals surface area contributed by atoms with Gasteiger partial charge in [-0.1, -0.05) is 6.92 Å². The Labute approximate surface area is 108 Å². The van der Waals surface area contributed by atoms with Crippen LogP contribution in [0.5, 0.6) is 0 Å². The van der Waals surface area contributed by atoms with Gasteiger partial charge in [0.2, 0.25) is 0 Å². The third-order valence-corrected chi connectivity index (χ3v) is 3.85. The third kappa shape index (κ3) is 1.80. The largest absolute Gasteiger partial charge is 0.398 e. The molecule has 0 saturated heterocycles. The van der Waals surface area contributed by atoms with E-state index >= 15 is 0 Å². The molecule has 2 nitrogen and oxygen atoms in total. The summed E-state index contributed by atoms with van der Waals surface area (Å²) in [5.74, 6) is -0.299. The summed E-state index contributed by atoms with van der Waals surface area (Å²) < 4.78 is 14.1. The highest BCUT2D eigenvalue weighted by atomic mass is 79.9. The molecule has 1 aromatic heterocycles. The van der Waals surface area contributed by atoms with E-state index in [9.17, 15) is 4.39 Å². The van der Waals surface area contributed by atoms with E-state index < -0.39 is 0 Å². The number of benzene rings is 1. The van der Waals surface area contributed by atoms with Crippen molar-refractivity contribution in [3.8, 4) is 0 Å². The lowest BCUT2D eigenvalue weighted by molar-refractivity contribution is 0.622. The molecule has 0 atom stereocenters. The van der Waals surface area contributed by atoms with Crippen LogP contribution < -0.4 is 5.73 Å². The number of pyridine rings is 1. The highest BCUT2D eigenvalue weighted by Gasteiger charge is 2.15. The van der Waals surface area contributed by atoms with Crippen molar-refractivity contribution in [3.05, 3.63) is 33.2 Å². The number of halogens is 2. The van der Waals surface area contributed by atoms with Crippen molar-refractivity contribution < 1.29 is 4.39 Å². The molecule has 4 heteroatoms. The molecule has 0 saturated carbocycles. The summed E-state index contributed by atoms with van der Waals surface area (Å²) in [7, 11) is 0. The molecule has 0 aliphatic carbocycles. The van der Waals surface area contributed by atoms with Crippen molar-refractivity contribution in [2.75, 3.05) is 5.73 Å². The van der Waals surface area contributed by atoms with Gasteiger partial charge in [0, 0.05) is 16.8 Å². The predicted octanol–water partition coefficient (Wildman–Crippen LogP) is 3.90. The Bertz CT molecular complexity index is 608. The Morgan fingerprint density at radius 1 is 1.41 bits per heavy atom. The lowest BCUT2D eigenvalue weighted by Gasteiger charge is -2.13. The number of rotatable bonds is 1. The lowest BCUT2D eigenvalue weighted by Crippen LogP contribution is -2.02. The van der Waals surface area contributed by atoms with Crippen molar-refractivity contribution in [1.82, 2.24) is 4.98 Å². The van der Waals surface area contributed by atoms with Crippen LogP contribution in [0.15, 0.2) is 10.5 Å². The normalized spacial score (nSPS) is 11.1. The topological polar surface area (TPSA) is 38.9 Å². The Morgan fingerprint density at radius 3 is 2.65 bits per heavy atom. The summed E-state index contributed by atoms with van der Waals surface area (Å²) in [6.45, 7) is 5.81. The zero-order valence-electron chi connectivity index (χ0n) is 10.1. The fraction of sp³-hybridized carbons (Fsp3) is 0.308. The number of aromatic nitrogens is 1. The van der Waals surface area contributed by atoms with Crippen LogP contribution in [0.4, 0.5) is 10.1 Å². The molecule has 0 amide bonds. The van der Waals surface area contributed by atoms with Crippen molar-refractivity contribution in [1.29, 1.82) is 0 Å². The van der Waals surface area contributed by atoms with Gasteiger partial charge in [-0.05, 0) is 53.4 Å². The number of nitrogens with two attached hydrogens (primary N) is 1. The molecule has 2 rings (SSSR count). The number of aryl methyl sites for hydroxylation is 2. The van der Waals surface area contributed by atoms with Crippen molar-refractivity contribution in [3.63, 3.8) is 0 Å². The van der Waals surface area contributed by atoms with Crippen LogP contribution in [0.25, 0.3) is 10.9 Å². The van der Waals surface area contributed by atoms with E-state index in [0.717, 1.165) is 28.8 Å². The second-order valence-corrected chi connectivity index (χ2v) is 4.96. The van der Waals surface area contributed by atoms with Crippen molar-refractivity contribution >= 4 is 32.5 Å². The summed E-state index contributed by atoms with van der Waals surface area (Å²) in [5, 5.41) is 0.678. The Kier molecular flexibility index (Phi) is 3.08. The first-order chi connectivity index (χ1) is 7.97. The molecule has 2 N–H and O–H groups in total. The quantitative estimate of drug-likeness (QED) is 0.867. The molecule has 0 unspecified atom stereocenters. The van der Waals surface area contributed by atoms with Crippen LogP contribution in [-0.4, -0.2) is 4.98 Å². The van der Waals surface area contributed by atoms with Crippen LogP contribution in [0.1, 0.15) is 23.7 Å². The maximum Gasteiger partial charge on any atom is 0.138 e. The number of nitrogens with zero attached hydrogens (tertiary/aromatic N) is 1. The van der Waals surface area contributed by atoms with E-state index in [2.05, 4.69) is 20.9 Å². The average molecular weight is 297 g/mol. The summed E-state index contributed by atoms with van der Waals surface area (Å²) in [6.07, 6.45) is 0.820. The van der Waals surface area contributed by atoms with Crippen molar-refractivity contribution in [2.24, 2.45) is 0 Å². The second-order valence-electron chi connectivity index (χ2n) is 4.16. The number of hydrogen-bond donors (Lipinski definition) is 1. The summed E-state index contributed by atoms with van der Waals surface area (Å²) in [6, 6.07) is 1.48. The first kappa shape index (κ1) is 12.3. The smallest absolute Gasteiger partial charge is 0.138 e. The average Bonchev–Trinajstić information content (AvgIpc) is 2.29. The van der Waals surface area contributed by atoms with E-state index in [-0.39, 0.29) is 5.82 Å². The van der Waals surface area contributed by atoms with Gasteiger partial charge in [-0.15, -0.1) is 0 Å². The molecule has 1 heterocycles. The van der Waals surface area contributed by atoms with Crippen LogP contribution in [0, 0.1) is 19.7 Å². The van der Waals surface area contributed by atoms with Crippen LogP contribution in [-0.2, 0) is 6.42 Å². The minimum absolute atomic E-state index is 0.299. The van der Waals surface area contributed by atoms with Gasteiger partial charge in [0.25, 0.3) is 0 Å². The van der Waals surface area contributed by atoms with Gasteiger partial charge in [0.1, 0.15) is 5.82 Å². The fourth-order valence-corrected chi connectivity index (χ4v) is 2.55. The number of hydrogen-bond acceptors (Lipinski definition) is 2. The van der Waals surface area contributed by atoms with E-state index in [4.69, 9.17) is 5.73 Å². The molecule has 1 aromatic carbocycles. The number of anilines is 1. The maximum atomic E-state index is 13.7. The Hall–Kier alpha value is -1.16. The highest BCUT2D eigenvalue weighted by Crippen LogP contribution is 2.35. The second kappa shape index (κ2) is 4.26. The van der Waals surface area contributed by atoms with Crippen molar-refractivity contribution in [2.45, 2.75) is 27.2 Å². The zero-order chi connectivity index (χ0) is 12.7. The summed E-state index contributed by atoms with van der Waals surface area (Å²) in [4.78, 5) is 4.58. The molecule has 0 aliphatic rings. The standard InChI is InChI=1S/C13H14BrFN2/c1-4-9-7(3)12(16)10-11(14)8(15)5-6(2)13(10)17-9/h5H,4H2,1-3H3,(H2,16,17). The van der Waals surface area contributed by atoms with Gasteiger partial charge in [-0.3, -0.25) is 4.98 Å². The number of fused-ring (bicyclic) bond motifs is 1. The van der Waals surface area contributed by atoms with Crippen LogP contribution >= 0.6 is 15.9 Å². The summed E-state index contributed by atoms with van der Waals surface area (Å²) >= 11 is 3.25. The number of nitrogen functional groups attached to an aromatic ring is 1.